The summed E-state index contributed by atoms with van der Waals surface area (Å²) in [6.07, 6.45) is 4.08. The number of aromatic nitrogens is 2. The number of nitrogens with zero attached hydrogens (tertiary/aromatic N) is 3. The van der Waals surface area contributed by atoms with E-state index in [0.29, 0.717) is 11.8 Å². The van der Waals surface area contributed by atoms with E-state index in [2.05, 4.69) is 81.7 Å². The van der Waals surface area contributed by atoms with Crippen molar-refractivity contribution in [3.63, 3.8) is 0 Å². The first-order valence-electron chi connectivity index (χ1n) is 10.1. The highest BCUT2D eigenvalue weighted by Crippen LogP contribution is 2.48. The second kappa shape index (κ2) is 9.54. The molecule has 1 saturated carbocycles. The molecule has 0 bridgehead atoms. The van der Waals surface area contributed by atoms with E-state index in [-0.39, 0.29) is 5.41 Å². The summed E-state index contributed by atoms with van der Waals surface area (Å²) in [5.74, 6) is 2.65. The second-order valence-electron chi connectivity index (χ2n) is 7.72. The van der Waals surface area contributed by atoms with Gasteiger partial charge in [0.2, 0.25) is 5.89 Å². The number of hydrogen-bond donors (Lipinski definition) is 2. The molecular formula is C21H30BrN5O. The molecule has 2 aromatic rings. The van der Waals surface area contributed by atoms with Crippen molar-refractivity contribution in [1.82, 2.24) is 20.8 Å². The molecule has 28 heavy (non-hydrogen) atoms. The van der Waals surface area contributed by atoms with Crippen LogP contribution in [0.15, 0.2) is 38.3 Å². The molecule has 0 amide bonds. The Morgan fingerprint density at radius 2 is 2.14 bits per heavy atom. The molecule has 1 aromatic heterocycles. The molecule has 1 fully saturated rings. The Kier molecular flexibility index (Phi) is 7.10. The van der Waals surface area contributed by atoms with Gasteiger partial charge in [-0.05, 0) is 43.9 Å². The minimum atomic E-state index is 0.198. The number of benzene rings is 1. The van der Waals surface area contributed by atoms with Gasteiger partial charge in [0.25, 0.3) is 0 Å². The van der Waals surface area contributed by atoms with E-state index < -0.39 is 0 Å². The van der Waals surface area contributed by atoms with Gasteiger partial charge in [-0.15, -0.1) is 0 Å². The average molecular weight is 448 g/mol. The first-order valence-corrected chi connectivity index (χ1v) is 10.9. The molecule has 0 spiro atoms. The van der Waals surface area contributed by atoms with Gasteiger partial charge in [0.15, 0.2) is 11.8 Å². The fraction of sp³-hybridized carbons (Fsp3) is 0.571. The van der Waals surface area contributed by atoms with Crippen LogP contribution in [0.25, 0.3) is 0 Å². The third-order valence-corrected chi connectivity index (χ3v) is 5.53. The van der Waals surface area contributed by atoms with Crippen molar-refractivity contribution in [2.24, 2.45) is 4.99 Å². The summed E-state index contributed by atoms with van der Waals surface area (Å²) in [5, 5.41) is 10.8. The number of aryl methyl sites for hydroxylation is 1. The molecule has 1 heterocycles. The Labute approximate surface area is 175 Å². The Morgan fingerprint density at radius 1 is 1.32 bits per heavy atom. The minimum Gasteiger partial charge on any atom is -0.357 e. The number of aliphatic imine (C=N–C) groups is 1. The fourth-order valence-corrected chi connectivity index (χ4v) is 3.53. The van der Waals surface area contributed by atoms with Crippen molar-refractivity contribution >= 4 is 21.9 Å². The Hall–Kier alpha value is -1.89. The van der Waals surface area contributed by atoms with Crippen molar-refractivity contribution in [2.45, 2.75) is 57.8 Å². The summed E-state index contributed by atoms with van der Waals surface area (Å²) in [4.78, 5) is 9.28. The number of nitrogens with one attached hydrogen (secondary N) is 2. The second-order valence-corrected chi connectivity index (χ2v) is 8.63. The molecular weight excluding hydrogens is 418 g/mol. The minimum absolute atomic E-state index is 0.198. The van der Waals surface area contributed by atoms with Crippen LogP contribution in [0.1, 0.15) is 63.2 Å². The maximum atomic E-state index is 5.30. The monoisotopic (exact) mass is 447 g/mol. The predicted octanol–water partition coefficient (Wildman–Crippen LogP) is 4.18. The van der Waals surface area contributed by atoms with Crippen molar-refractivity contribution in [2.75, 3.05) is 19.6 Å². The van der Waals surface area contributed by atoms with E-state index in [1.165, 1.54) is 18.4 Å². The lowest BCUT2D eigenvalue weighted by Gasteiger charge is -2.16. The van der Waals surface area contributed by atoms with Gasteiger partial charge in [-0.2, -0.15) is 4.98 Å². The van der Waals surface area contributed by atoms with Crippen LogP contribution in [-0.4, -0.2) is 35.7 Å². The van der Waals surface area contributed by atoms with Crippen molar-refractivity contribution in [3.05, 3.63) is 46.0 Å². The van der Waals surface area contributed by atoms with Gasteiger partial charge in [-0.1, -0.05) is 47.1 Å². The van der Waals surface area contributed by atoms with Crippen LogP contribution >= 0.6 is 15.9 Å². The third kappa shape index (κ3) is 5.56. The number of guanidine groups is 1. The number of halogens is 1. The van der Waals surface area contributed by atoms with Gasteiger partial charge in [0.1, 0.15) is 0 Å². The SMILES string of the molecule is CCNC(=NCC1(c2cccc(Br)c2)CC1)NCCCc1nc(C(C)C)no1. The van der Waals surface area contributed by atoms with Gasteiger partial charge in [-0.3, -0.25) is 4.99 Å². The van der Waals surface area contributed by atoms with Crippen LogP contribution < -0.4 is 10.6 Å². The number of hydrogen-bond acceptors (Lipinski definition) is 4. The molecule has 1 aromatic carbocycles. The smallest absolute Gasteiger partial charge is 0.226 e. The van der Waals surface area contributed by atoms with Gasteiger partial charge in [0, 0.05) is 35.3 Å². The maximum absolute atomic E-state index is 5.30. The molecule has 0 saturated heterocycles. The molecule has 152 valence electrons. The molecule has 0 aliphatic heterocycles. The Balaban J connectivity index is 1.50. The first kappa shape index (κ1) is 20.8. The molecule has 6 nitrogen and oxygen atoms in total. The molecule has 0 unspecified atom stereocenters. The normalized spacial score (nSPS) is 15.7. The van der Waals surface area contributed by atoms with Crippen LogP contribution in [0, 0.1) is 0 Å². The third-order valence-electron chi connectivity index (χ3n) is 5.03. The zero-order valence-corrected chi connectivity index (χ0v) is 18.6. The van der Waals surface area contributed by atoms with Crippen LogP contribution in [0.4, 0.5) is 0 Å². The van der Waals surface area contributed by atoms with Crippen molar-refractivity contribution < 1.29 is 4.52 Å². The van der Waals surface area contributed by atoms with Gasteiger partial charge < -0.3 is 15.2 Å². The topological polar surface area (TPSA) is 75.3 Å². The Morgan fingerprint density at radius 3 is 2.79 bits per heavy atom. The molecule has 7 heteroatoms. The summed E-state index contributed by atoms with van der Waals surface area (Å²) >= 11 is 3.58. The van der Waals surface area contributed by atoms with Crippen LogP contribution in [0.5, 0.6) is 0 Å². The maximum Gasteiger partial charge on any atom is 0.226 e. The lowest BCUT2D eigenvalue weighted by molar-refractivity contribution is 0.368. The van der Waals surface area contributed by atoms with Gasteiger partial charge in [-0.25, -0.2) is 0 Å². The van der Waals surface area contributed by atoms with Gasteiger partial charge >= 0.3 is 0 Å². The average Bonchev–Trinajstić information content (AvgIpc) is 3.32. The summed E-state index contributed by atoms with van der Waals surface area (Å²) in [6.45, 7) is 8.68. The summed E-state index contributed by atoms with van der Waals surface area (Å²) in [5.41, 5.74) is 1.57. The lowest BCUT2D eigenvalue weighted by atomic mass is 9.96. The van der Waals surface area contributed by atoms with E-state index >= 15 is 0 Å². The van der Waals surface area contributed by atoms with E-state index in [1.807, 2.05) is 0 Å². The van der Waals surface area contributed by atoms with E-state index in [1.54, 1.807) is 0 Å². The van der Waals surface area contributed by atoms with Gasteiger partial charge in [0.05, 0.1) is 6.54 Å². The summed E-state index contributed by atoms with van der Waals surface area (Å²) in [6, 6.07) is 8.61. The fourth-order valence-electron chi connectivity index (χ4n) is 3.13. The zero-order valence-electron chi connectivity index (χ0n) is 17.0. The number of rotatable bonds is 9. The van der Waals surface area contributed by atoms with Crippen molar-refractivity contribution in [3.8, 4) is 0 Å². The summed E-state index contributed by atoms with van der Waals surface area (Å²) in [7, 11) is 0. The lowest BCUT2D eigenvalue weighted by Crippen LogP contribution is -2.38. The predicted molar refractivity (Wildman–Crippen MR) is 116 cm³/mol. The zero-order chi connectivity index (χ0) is 20.0. The molecule has 2 N–H and O–H groups in total. The quantitative estimate of drug-likeness (QED) is 0.342. The molecule has 1 aliphatic rings. The highest BCUT2D eigenvalue weighted by Gasteiger charge is 2.44. The van der Waals surface area contributed by atoms with E-state index in [4.69, 9.17) is 9.52 Å². The van der Waals surface area contributed by atoms with Crippen LogP contribution in [-0.2, 0) is 11.8 Å². The summed E-state index contributed by atoms with van der Waals surface area (Å²) < 4.78 is 6.43. The molecule has 3 rings (SSSR count). The Bertz CT molecular complexity index is 798. The molecule has 1 aliphatic carbocycles. The molecule has 0 atom stereocenters. The van der Waals surface area contributed by atoms with Crippen molar-refractivity contribution in [1.29, 1.82) is 0 Å². The first-order chi connectivity index (χ1) is 13.5. The highest BCUT2D eigenvalue weighted by atomic mass is 79.9. The molecule has 0 radical (unpaired) electrons. The van der Waals surface area contributed by atoms with E-state index in [0.717, 1.165) is 48.7 Å². The van der Waals surface area contributed by atoms with Crippen LogP contribution in [0.3, 0.4) is 0 Å². The largest absolute Gasteiger partial charge is 0.357 e. The highest BCUT2D eigenvalue weighted by molar-refractivity contribution is 9.10. The van der Waals surface area contributed by atoms with Crippen LogP contribution in [0.2, 0.25) is 0 Å². The van der Waals surface area contributed by atoms with E-state index in [9.17, 15) is 0 Å². The standard InChI is InChI=1S/C21H30BrN5O/c1-4-23-20(24-12-6-9-18-26-19(15(2)3)27-28-18)25-14-21(10-11-21)16-7-5-8-17(22)13-16/h5,7-8,13,15H,4,6,9-12,14H2,1-3H3,(H2,23,24,25).